The number of carbonyl (C=O) groups excluding carboxylic acids is 1. The number of rotatable bonds is 5. The summed E-state index contributed by atoms with van der Waals surface area (Å²) in [6.07, 6.45) is 2.34. The number of H-pyrrole nitrogens is 1. The molecule has 1 aromatic heterocycles. The number of hydrogen-bond acceptors (Lipinski definition) is 4. The molecule has 0 saturated carbocycles. The molecule has 100 valence electrons. The molecular formula is C12H21N5O. The number of amides is 1. The lowest BCUT2D eigenvalue weighted by molar-refractivity contribution is -0.123. The highest BCUT2D eigenvalue weighted by atomic mass is 16.2. The number of hydrogen-bond donors (Lipinski definition) is 3. The van der Waals surface area contributed by atoms with Crippen LogP contribution in [-0.4, -0.2) is 53.5 Å². The average Bonchev–Trinajstić information content (AvgIpc) is 2.85. The van der Waals surface area contributed by atoms with E-state index in [4.69, 9.17) is 0 Å². The van der Waals surface area contributed by atoms with E-state index >= 15 is 0 Å². The topological polar surface area (TPSA) is 73.0 Å². The average molecular weight is 251 g/mol. The van der Waals surface area contributed by atoms with E-state index in [0.717, 1.165) is 24.5 Å². The molecule has 2 rings (SSSR count). The zero-order chi connectivity index (χ0) is 13.0. The molecule has 6 heteroatoms. The highest BCUT2D eigenvalue weighted by Crippen LogP contribution is 2.11. The molecule has 0 aliphatic carbocycles. The lowest BCUT2D eigenvalue weighted by Crippen LogP contribution is -2.48. The Morgan fingerprint density at radius 2 is 2.50 bits per heavy atom. The Kier molecular flexibility index (Phi) is 4.33. The Labute approximate surface area is 107 Å². The molecule has 1 aromatic rings. The van der Waals surface area contributed by atoms with Gasteiger partial charge in [0.05, 0.1) is 23.8 Å². The number of carbonyl (C=O) groups is 1. The van der Waals surface area contributed by atoms with Gasteiger partial charge in [-0.15, -0.1) is 0 Å². The van der Waals surface area contributed by atoms with E-state index in [1.165, 1.54) is 0 Å². The summed E-state index contributed by atoms with van der Waals surface area (Å²) >= 11 is 0. The van der Waals surface area contributed by atoms with Crippen LogP contribution in [0.5, 0.6) is 0 Å². The summed E-state index contributed by atoms with van der Waals surface area (Å²) in [4.78, 5) is 21.4. The van der Waals surface area contributed by atoms with Gasteiger partial charge < -0.3 is 15.2 Å². The summed E-state index contributed by atoms with van der Waals surface area (Å²) in [6, 6.07) is -0.160. The van der Waals surface area contributed by atoms with Crippen LogP contribution in [0.4, 0.5) is 0 Å². The highest BCUT2D eigenvalue weighted by molar-refractivity contribution is 5.82. The van der Waals surface area contributed by atoms with Gasteiger partial charge >= 0.3 is 0 Å². The molecule has 0 aromatic carbocycles. The van der Waals surface area contributed by atoms with Gasteiger partial charge in [0.15, 0.2) is 0 Å². The molecule has 6 nitrogen and oxygen atoms in total. The third kappa shape index (κ3) is 3.08. The van der Waals surface area contributed by atoms with Crippen molar-refractivity contribution in [3.63, 3.8) is 0 Å². The number of fused-ring (bicyclic) bond motifs is 1. The SMILES string of the molecule is CCN(C)CCNC(=O)C1Cc2nc[nH]c2CN1. The number of nitrogens with one attached hydrogen (secondary N) is 3. The zero-order valence-corrected chi connectivity index (χ0v) is 11.0. The Morgan fingerprint density at radius 3 is 3.28 bits per heavy atom. The molecule has 2 heterocycles. The van der Waals surface area contributed by atoms with E-state index in [-0.39, 0.29) is 11.9 Å². The predicted molar refractivity (Wildman–Crippen MR) is 69.1 cm³/mol. The first-order chi connectivity index (χ1) is 8.70. The maximum absolute atomic E-state index is 12.0. The van der Waals surface area contributed by atoms with Gasteiger partial charge in [-0.05, 0) is 13.6 Å². The number of aromatic nitrogens is 2. The van der Waals surface area contributed by atoms with E-state index in [1.54, 1.807) is 6.33 Å². The summed E-state index contributed by atoms with van der Waals surface area (Å²) in [5, 5.41) is 6.18. The Balaban J connectivity index is 1.77. The van der Waals surface area contributed by atoms with Crippen LogP contribution in [-0.2, 0) is 17.8 Å². The molecule has 0 fully saturated rings. The minimum absolute atomic E-state index is 0.0631. The number of imidazole rings is 1. The molecule has 0 radical (unpaired) electrons. The quantitative estimate of drug-likeness (QED) is 0.659. The summed E-state index contributed by atoms with van der Waals surface area (Å²) in [5.74, 6) is 0.0631. The summed E-state index contributed by atoms with van der Waals surface area (Å²) < 4.78 is 0. The molecule has 1 aliphatic heterocycles. The molecule has 1 amide bonds. The first-order valence-electron chi connectivity index (χ1n) is 6.41. The van der Waals surface area contributed by atoms with Crippen LogP contribution < -0.4 is 10.6 Å². The molecular weight excluding hydrogens is 230 g/mol. The lowest BCUT2D eigenvalue weighted by Gasteiger charge is -2.23. The van der Waals surface area contributed by atoms with Crippen LogP contribution in [0, 0.1) is 0 Å². The van der Waals surface area contributed by atoms with Crippen molar-refractivity contribution in [2.45, 2.75) is 25.9 Å². The second kappa shape index (κ2) is 5.97. The van der Waals surface area contributed by atoms with Crippen molar-refractivity contribution in [1.29, 1.82) is 0 Å². The molecule has 18 heavy (non-hydrogen) atoms. The van der Waals surface area contributed by atoms with Crippen molar-refractivity contribution >= 4 is 5.91 Å². The van der Waals surface area contributed by atoms with Crippen molar-refractivity contribution in [1.82, 2.24) is 25.5 Å². The van der Waals surface area contributed by atoms with E-state index in [0.29, 0.717) is 19.5 Å². The summed E-state index contributed by atoms with van der Waals surface area (Å²) in [7, 11) is 2.04. The molecule has 1 atom stereocenters. The summed E-state index contributed by atoms with van der Waals surface area (Å²) in [5.41, 5.74) is 2.09. The minimum atomic E-state index is -0.160. The second-order valence-corrected chi connectivity index (χ2v) is 4.65. The fourth-order valence-corrected chi connectivity index (χ4v) is 2.01. The monoisotopic (exact) mass is 251 g/mol. The van der Waals surface area contributed by atoms with Crippen LogP contribution >= 0.6 is 0 Å². The predicted octanol–water partition coefficient (Wildman–Crippen LogP) is -0.508. The third-order valence-corrected chi connectivity index (χ3v) is 3.38. The Hall–Kier alpha value is -1.40. The van der Waals surface area contributed by atoms with Crippen LogP contribution in [0.2, 0.25) is 0 Å². The van der Waals surface area contributed by atoms with Gasteiger partial charge in [-0.2, -0.15) is 0 Å². The van der Waals surface area contributed by atoms with Crippen molar-refractivity contribution < 1.29 is 4.79 Å². The standard InChI is InChI=1S/C12H21N5O/c1-3-17(2)5-4-13-12(18)10-6-9-11(7-14-10)16-8-15-9/h8,10,14H,3-7H2,1-2H3,(H,13,18)(H,15,16). The molecule has 1 aliphatic rings. The van der Waals surface area contributed by atoms with Gasteiger partial charge in [-0.1, -0.05) is 6.92 Å². The molecule has 0 saturated heterocycles. The van der Waals surface area contributed by atoms with E-state index in [9.17, 15) is 4.79 Å². The number of nitrogens with zero attached hydrogens (tertiary/aromatic N) is 2. The first kappa shape index (κ1) is 13.0. The second-order valence-electron chi connectivity index (χ2n) is 4.65. The lowest BCUT2D eigenvalue weighted by atomic mass is 10.0. The van der Waals surface area contributed by atoms with Crippen LogP contribution in [0.1, 0.15) is 18.3 Å². The fraction of sp³-hybridized carbons (Fsp3) is 0.667. The maximum atomic E-state index is 12.0. The van der Waals surface area contributed by atoms with Crippen molar-refractivity contribution in [2.75, 3.05) is 26.7 Å². The third-order valence-electron chi connectivity index (χ3n) is 3.38. The highest BCUT2D eigenvalue weighted by Gasteiger charge is 2.25. The van der Waals surface area contributed by atoms with Gasteiger partial charge in [0.25, 0.3) is 0 Å². The Bertz CT molecular complexity index is 403. The first-order valence-corrected chi connectivity index (χ1v) is 6.41. The zero-order valence-electron chi connectivity index (χ0n) is 11.0. The Morgan fingerprint density at radius 1 is 1.67 bits per heavy atom. The van der Waals surface area contributed by atoms with Gasteiger partial charge in [0.2, 0.25) is 5.91 Å². The minimum Gasteiger partial charge on any atom is -0.353 e. The number of aromatic amines is 1. The van der Waals surface area contributed by atoms with Crippen LogP contribution in [0.25, 0.3) is 0 Å². The molecule has 1 unspecified atom stereocenters. The van der Waals surface area contributed by atoms with Crippen molar-refractivity contribution in [2.24, 2.45) is 0 Å². The normalized spacial score (nSPS) is 18.7. The van der Waals surface area contributed by atoms with Gasteiger partial charge in [0, 0.05) is 26.1 Å². The fourth-order valence-electron chi connectivity index (χ4n) is 2.01. The molecule has 0 bridgehead atoms. The van der Waals surface area contributed by atoms with Gasteiger partial charge in [-0.3, -0.25) is 10.1 Å². The van der Waals surface area contributed by atoms with Crippen molar-refractivity contribution in [3.05, 3.63) is 17.7 Å². The van der Waals surface area contributed by atoms with Crippen LogP contribution in [0.3, 0.4) is 0 Å². The van der Waals surface area contributed by atoms with Gasteiger partial charge in [-0.25, -0.2) is 4.98 Å². The number of likely N-dealkylation sites (N-methyl/N-ethyl adjacent to an activating group) is 1. The van der Waals surface area contributed by atoms with Crippen LogP contribution in [0.15, 0.2) is 6.33 Å². The van der Waals surface area contributed by atoms with E-state index in [1.807, 2.05) is 7.05 Å². The van der Waals surface area contributed by atoms with Crippen molar-refractivity contribution in [3.8, 4) is 0 Å². The van der Waals surface area contributed by atoms with E-state index in [2.05, 4.69) is 32.4 Å². The van der Waals surface area contributed by atoms with Gasteiger partial charge in [0.1, 0.15) is 0 Å². The smallest absolute Gasteiger partial charge is 0.237 e. The largest absolute Gasteiger partial charge is 0.353 e. The summed E-state index contributed by atoms with van der Waals surface area (Å²) in [6.45, 7) is 5.34. The molecule has 0 spiro atoms. The maximum Gasteiger partial charge on any atom is 0.237 e. The van der Waals surface area contributed by atoms with E-state index < -0.39 is 0 Å². The molecule has 3 N–H and O–H groups in total.